The topological polar surface area (TPSA) is 41.6 Å². The first-order valence-corrected chi connectivity index (χ1v) is 7.36. The Morgan fingerprint density at radius 2 is 1.95 bits per heavy atom. The predicted molar refractivity (Wildman–Crippen MR) is 81.9 cm³/mol. The van der Waals surface area contributed by atoms with Crippen LogP contribution in [0.25, 0.3) is 0 Å². The normalized spacial score (nSPS) is 10.3. The van der Waals surface area contributed by atoms with E-state index in [2.05, 4.69) is 5.32 Å². The first kappa shape index (κ1) is 16.5. The van der Waals surface area contributed by atoms with Crippen molar-refractivity contribution in [3.05, 3.63) is 29.8 Å². The van der Waals surface area contributed by atoms with Crippen LogP contribution in [-0.4, -0.2) is 37.6 Å². The van der Waals surface area contributed by atoms with Gasteiger partial charge in [-0.25, -0.2) is 0 Å². The molecule has 0 spiro atoms. The molecule has 4 heteroatoms. The van der Waals surface area contributed by atoms with Gasteiger partial charge in [-0.3, -0.25) is 4.79 Å². The SMILES string of the molecule is CCN(CC)C(=O)CCCOc1ccccc1CNC. The van der Waals surface area contributed by atoms with Crippen LogP contribution in [0, 0.1) is 0 Å². The number of para-hydroxylation sites is 1. The van der Waals surface area contributed by atoms with Gasteiger partial charge in [0.1, 0.15) is 5.75 Å². The molecule has 0 bridgehead atoms. The quantitative estimate of drug-likeness (QED) is 0.705. The molecule has 1 N–H and O–H groups in total. The van der Waals surface area contributed by atoms with Crippen molar-refractivity contribution in [3.63, 3.8) is 0 Å². The van der Waals surface area contributed by atoms with E-state index in [0.717, 1.165) is 37.4 Å². The maximum absolute atomic E-state index is 11.8. The molecule has 0 saturated carbocycles. The van der Waals surface area contributed by atoms with Gasteiger partial charge in [0.2, 0.25) is 5.91 Å². The summed E-state index contributed by atoms with van der Waals surface area (Å²) < 4.78 is 5.78. The van der Waals surface area contributed by atoms with Gasteiger partial charge in [-0.1, -0.05) is 18.2 Å². The van der Waals surface area contributed by atoms with Crippen LogP contribution in [0.1, 0.15) is 32.3 Å². The van der Waals surface area contributed by atoms with Crippen molar-refractivity contribution in [1.82, 2.24) is 10.2 Å². The minimum absolute atomic E-state index is 0.210. The second-order valence-electron chi connectivity index (χ2n) is 4.66. The Kier molecular flexibility index (Phi) is 7.73. The van der Waals surface area contributed by atoms with Crippen LogP contribution in [-0.2, 0) is 11.3 Å². The molecule has 1 amide bonds. The van der Waals surface area contributed by atoms with Crippen molar-refractivity contribution in [3.8, 4) is 5.75 Å². The van der Waals surface area contributed by atoms with Crippen LogP contribution in [0.4, 0.5) is 0 Å². The van der Waals surface area contributed by atoms with Crippen LogP contribution in [0.3, 0.4) is 0 Å². The largest absolute Gasteiger partial charge is 0.493 e. The van der Waals surface area contributed by atoms with E-state index in [-0.39, 0.29) is 5.91 Å². The molecule has 0 unspecified atom stereocenters. The highest BCUT2D eigenvalue weighted by Crippen LogP contribution is 2.17. The minimum Gasteiger partial charge on any atom is -0.493 e. The Morgan fingerprint density at radius 3 is 2.60 bits per heavy atom. The Morgan fingerprint density at radius 1 is 1.25 bits per heavy atom. The number of benzene rings is 1. The molecule has 0 aliphatic carbocycles. The third-order valence-corrected chi connectivity index (χ3v) is 3.25. The van der Waals surface area contributed by atoms with Gasteiger partial charge in [0.05, 0.1) is 6.61 Å². The lowest BCUT2D eigenvalue weighted by molar-refractivity contribution is -0.131. The average molecular weight is 278 g/mol. The number of carbonyl (C=O) groups excluding carboxylic acids is 1. The van der Waals surface area contributed by atoms with E-state index >= 15 is 0 Å². The lowest BCUT2D eigenvalue weighted by Gasteiger charge is -2.18. The number of nitrogens with one attached hydrogen (secondary N) is 1. The number of hydrogen-bond acceptors (Lipinski definition) is 3. The zero-order valence-corrected chi connectivity index (χ0v) is 12.8. The van der Waals surface area contributed by atoms with Gasteiger partial charge < -0.3 is 15.0 Å². The Balaban J connectivity index is 2.36. The molecule has 0 radical (unpaired) electrons. The Bertz CT molecular complexity index is 403. The van der Waals surface area contributed by atoms with Crippen LogP contribution in [0.2, 0.25) is 0 Å². The summed E-state index contributed by atoms with van der Waals surface area (Å²) in [7, 11) is 1.92. The van der Waals surface area contributed by atoms with E-state index in [4.69, 9.17) is 4.74 Å². The number of nitrogens with zero attached hydrogens (tertiary/aromatic N) is 1. The second-order valence-corrected chi connectivity index (χ2v) is 4.66. The average Bonchev–Trinajstić information content (AvgIpc) is 2.47. The highest BCUT2D eigenvalue weighted by Gasteiger charge is 2.09. The number of ether oxygens (including phenoxy) is 1. The molecular weight excluding hydrogens is 252 g/mol. The van der Waals surface area contributed by atoms with E-state index in [0.29, 0.717) is 13.0 Å². The van der Waals surface area contributed by atoms with Crippen LogP contribution in [0.15, 0.2) is 24.3 Å². The van der Waals surface area contributed by atoms with Gasteiger partial charge in [-0.15, -0.1) is 0 Å². The van der Waals surface area contributed by atoms with Gasteiger partial charge in [-0.2, -0.15) is 0 Å². The fourth-order valence-electron chi connectivity index (χ4n) is 2.12. The minimum atomic E-state index is 0.210. The Labute approximate surface area is 122 Å². The summed E-state index contributed by atoms with van der Waals surface area (Å²) in [6.07, 6.45) is 1.30. The molecule has 1 aromatic rings. The molecule has 0 aliphatic rings. The highest BCUT2D eigenvalue weighted by atomic mass is 16.5. The molecule has 112 valence electrons. The summed E-state index contributed by atoms with van der Waals surface area (Å²) in [4.78, 5) is 13.7. The van der Waals surface area contributed by atoms with Gasteiger partial charge in [0, 0.05) is 31.6 Å². The molecule has 0 aliphatic heterocycles. The van der Waals surface area contributed by atoms with E-state index in [1.54, 1.807) is 0 Å². The summed E-state index contributed by atoms with van der Waals surface area (Å²) >= 11 is 0. The van der Waals surface area contributed by atoms with Gasteiger partial charge >= 0.3 is 0 Å². The highest BCUT2D eigenvalue weighted by molar-refractivity contribution is 5.76. The van der Waals surface area contributed by atoms with Crippen molar-refractivity contribution >= 4 is 5.91 Å². The van der Waals surface area contributed by atoms with Crippen molar-refractivity contribution in [2.75, 3.05) is 26.7 Å². The molecule has 20 heavy (non-hydrogen) atoms. The molecule has 0 aromatic heterocycles. The molecular formula is C16H26N2O2. The smallest absolute Gasteiger partial charge is 0.222 e. The molecule has 1 rings (SSSR count). The first-order chi connectivity index (χ1) is 9.72. The molecule has 0 fully saturated rings. The summed E-state index contributed by atoms with van der Waals surface area (Å²) in [6, 6.07) is 7.99. The summed E-state index contributed by atoms with van der Waals surface area (Å²) in [6.45, 7) is 6.93. The third kappa shape index (κ3) is 5.21. The number of carbonyl (C=O) groups is 1. The fourth-order valence-corrected chi connectivity index (χ4v) is 2.12. The number of hydrogen-bond donors (Lipinski definition) is 1. The van der Waals surface area contributed by atoms with Crippen molar-refractivity contribution in [2.24, 2.45) is 0 Å². The molecule has 0 heterocycles. The van der Waals surface area contributed by atoms with Crippen molar-refractivity contribution in [1.29, 1.82) is 0 Å². The molecule has 4 nitrogen and oxygen atoms in total. The van der Waals surface area contributed by atoms with Crippen LogP contribution >= 0.6 is 0 Å². The maximum atomic E-state index is 11.8. The zero-order chi connectivity index (χ0) is 14.8. The van der Waals surface area contributed by atoms with E-state index in [1.165, 1.54) is 0 Å². The lowest BCUT2D eigenvalue weighted by Crippen LogP contribution is -2.30. The molecule has 0 saturated heterocycles. The summed E-state index contributed by atoms with van der Waals surface area (Å²) in [5.74, 6) is 1.11. The van der Waals surface area contributed by atoms with Gasteiger partial charge in [-0.05, 0) is 33.4 Å². The van der Waals surface area contributed by atoms with Gasteiger partial charge in [0.25, 0.3) is 0 Å². The number of rotatable bonds is 9. The summed E-state index contributed by atoms with van der Waals surface area (Å²) in [5.41, 5.74) is 1.14. The summed E-state index contributed by atoms with van der Waals surface area (Å²) in [5, 5.41) is 3.12. The van der Waals surface area contributed by atoms with E-state index in [1.807, 2.05) is 50.1 Å². The number of amides is 1. The van der Waals surface area contributed by atoms with Crippen molar-refractivity contribution in [2.45, 2.75) is 33.2 Å². The predicted octanol–water partition coefficient (Wildman–Crippen LogP) is 2.43. The van der Waals surface area contributed by atoms with Gasteiger partial charge in [0.15, 0.2) is 0 Å². The van der Waals surface area contributed by atoms with E-state index in [9.17, 15) is 4.79 Å². The molecule has 0 atom stereocenters. The van der Waals surface area contributed by atoms with Crippen LogP contribution < -0.4 is 10.1 Å². The lowest BCUT2D eigenvalue weighted by atomic mass is 10.2. The molecule has 1 aromatic carbocycles. The van der Waals surface area contributed by atoms with Crippen LogP contribution in [0.5, 0.6) is 5.75 Å². The zero-order valence-electron chi connectivity index (χ0n) is 12.8. The standard InChI is InChI=1S/C16H26N2O2/c1-4-18(5-2)16(19)11-8-12-20-15-10-7-6-9-14(15)13-17-3/h6-7,9-10,17H,4-5,8,11-13H2,1-3H3. The second kappa shape index (κ2) is 9.37. The maximum Gasteiger partial charge on any atom is 0.222 e. The monoisotopic (exact) mass is 278 g/mol. The first-order valence-electron chi connectivity index (χ1n) is 7.36. The Hall–Kier alpha value is -1.55. The third-order valence-electron chi connectivity index (χ3n) is 3.25. The fraction of sp³-hybridized carbons (Fsp3) is 0.562. The van der Waals surface area contributed by atoms with Crippen molar-refractivity contribution < 1.29 is 9.53 Å². The van der Waals surface area contributed by atoms with E-state index < -0.39 is 0 Å².